The summed E-state index contributed by atoms with van der Waals surface area (Å²) >= 11 is 0. The molecule has 0 amide bonds. The lowest BCUT2D eigenvalue weighted by Crippen LogP contribution is -2.03. The lowest BCUT2D eigenvalue weighted by atomic mass is 10.2. The van der Waals surface area contributed by atoms with E-state index in [1.807, 2.05) is 21.6 Å². The van der Waals surface area contributed by atoms with Gasteiger partial charge >= 0.3 is 0 Å². The van der Waals surface area contributed by atoms with Gasteiger partial charge in [0.05, 0.1) is 0 Å². The van der Waals surface area contributed by atoms with Crippen LogP contribution in [0.5, 0.6) is 0 Å². The molecule has 0 heterocycles. The van der Waals surface area contributed by atoms with Crippen molar-refractivity contribution >= 4 is 21.6 Å². The maximum absolute atomic E-state index is 2.29. The van der Waals surface area contributed by atoms with Crippen molar-refractivity contribution in [3.63, 3.8) is 0 Å². The van der Waals surface area contributed by atoms with Gasteiger partial charge in [0.1, 0.15) is 0 Å². The molecule has 0 fully saturated rings. The Balaban J connectivity index is 3.16. The first-order chi connectivity index (χ1) is 4.18. The van der Waals surface area contributed by atoms with E-state index in [0.717, 1.165) is 11.2 Å². The smallest absolute Gasteiger partial charge is 0.0146 e. The third-order valence-electron chi connectivity index (χ3n) is 1.28. The minimum absolute atomic E-state index is 0.801. The molecule has 0 aromatic heterocycles. The summed E-state index contributed by atoms with van der Waals surface area (Å²) < 4.78 is 0. The van der Waals surface area contributed by atoms with Gasteiger partial charge in [0, 0.05) is 11.0 Å². The van der Waals surface area contributed by atoms with E-state index in [1.54, 1.807) is 0 Å². The SMILES string of the molecule is CCSSC(C)C(C)C. The van der Waals surface area contributed by atoms with Gasteiger partial charge in [0.25, 0.3) is 0 Å². The Morgan fingerprint density at radius 2 is 1.78 bits per heavy atom. The third-order valence-corrected chi connectivity index (χ3v) is 4.52. The average molecular weight is 164 g/mol. The van der Waals surface area contributed by atoms with Crippen molar-refractivity contribution in [1.82, 2.24) is 0 Å². The molecule has 0 nitrogen and oxygen atoms in total. The zero-order valence-electron chi connectivity index (χ0n) is 6.68. The maximum atomic E-state index is 2.29. The van der Waals surface area contributed by atoms with Crippen LogP contribution in [0.25, 0.3) is 0 Å². The fraction of sp³-hybridized carbons (Fsp3) is 1.00. The predicted octanol–water partition coefficient (Wildman–Crippen LogP) is 3.43. The Kier molecular flexibility index (Phi) is 5.91. The van der Waals surface area contributed by atoms with E-state index in [2.05, 4.69) is 27.7 Å². The topological polar surface area (TPSA) is 0 Å². The normalized spacial score (nSPS) is 14.3. The molecular weight excluding hydrogens is 148 g/mol. The van der Waals surface area contributed by atoms with E-state index in [0.29, 0.717) is 0 Å². The summed E-state index contributed by atoms with van der Waals surface area (Å²) in [6, 6.07) is 0. The van der Waals surface area contributed by atoms with Crippen LogP contribution in [0.2, 0.25) is 0 Å². The fourth-order valence-electron chi connectivity index (χ4n) is 0.286. The van der Waals surface area contributed by atoms with E-state index >= 15 is 0 Å². The summed E-state index contributed by atoms with van der Waals surface area (Å²) in [6.07, 6.45) is 0. The first-order valence-corrected chi connectivity index (χ1v) is 5.85. The molecule has 0 bridgehead atoms. The van der Waals surface area contributed by atoms with Gasteiger partial charge in [-0.1, -0.05) is 49.3 Å². The zero-order valence-corrected chi connectivity index (χ0v) is 8.31. The highest BCUT2D eigenvalue weighted by molar-refractivity contribution is 8.76. The molecule has 0 aromatic rings. The van der Waals surface area contributed by atoms with Crippen LogP contribution in [-0.2, 0) is 0 Å². The van der Waals surface area contributed by atoms with Crippen molar-refractivity contribution in [2.75, 3.05) is 5.75 Å². The van der Waals surface area contributed by atoms with Gasteiger partial charge in [-0.25, -0.2) is 0 Å². The second kappa shape index (κ2) is 5.48. The van der Waals surface area contributed by atoms with Crippen LogP contribution in [0.1, 0.15) is 27.7 Å². The Morgan fingerprint density at radius 1 is 1.22 bits per heavy atom. The van der Waals surface area contributed by atoms with E-state index < -0.39 is 0 Å². The van der Waals surface area contributed by atoms with E-state index in [1.165, 1.54) is 5.75 Å². The van der Waals surface area contributed by atoms with E-state index in [4.69, 9.17) is 0 Å². The molecule has 0 rings (SSSR count). The molecular formula is C7H16S2. The van der Waals surface area contributed by atoms with E-state index in [-0.39, 0.29) is 0 Å². The van der Waals surface area contributed by atoms with Crippen molar-refractivity contribution in [1.29, 1.82) is 0 Å². The summed E-state index contributed by atoms with van der Waals surface area (Å²) in [5, 5.41) is 0.801. The second-order valence-corrected chi connectivity index (χ2v) is 5.49. The van der Waals surface area contributed by atoms with Gasteiger partial charge < -0.3 is 0 Å². The Hall–Kier alpha value is 0.700. The number of hydrogen-bond donors (Lipinski definition) is 0. The monoisotopic (exact) mass is 164 g/mol. The highest BCUT2D eigenvalue weighted by Crippen LogP contribution is 2.29. The molecule has 9 heavy (non-hydrogen) atoms. The van der Waals surface area contributed by atoms with Crippen molar-refractivity contribution < 1.29 is 0 Å². The average Bonchev–Trinajstić information content (AvgIpc) is 1.82. The van der Waals surface area contributed by atoms with Gasteiger partial charge in [0.15, 0.2) is 0 Å². The molecule has 0 aliphatic rings. The summed E-state index contributed by atoms with van der Waals surface area (Å²) in [7, 11) is 3.96. The fourth-order valence-corrected chi connectivity index (χ4v) is 2.58. The van der Waals surface area contributed by atoms with Crippen LogP contribution in [0.4, 0.5) is 0 Å². The molecule has 0 radical (unpaired) electrons. The largest absolute Gasteiger partial charge is 0.0942 e. The summed E-state index contributed by atoms with van der Waals surface area (Å²) in [5.74, 6) is 2.04. The van der Waals surface area contributed by atoms with Gasteiger partial charge in [-0.05, 0) is 5.92 Å². The standard InChI is InChI=1S/C7H16S2/c1-5-8-9-7(4)6(2)3/h6-7H,5H2,1-4H3. The molecule has 0 N–H and O–H groups in total. The molecule has 2 heteroatoms. The van der Waals surface area contributed by atoms with Gasteiger partial charge in [-0.15, -0.1) is 0 Å². The van der Waals surface area contributed by atoms with Crippen LogP contribution >= 0.6 is 21.6 Å². The molecule has 0 saturated heterocycles. The second-order valence-electron chi connectivity index (χ2n) is 2.45. The van der Waals surface area contributed by atoms with Crippen molar-refractivity contribution in [2.45, 2.75) is 32.9 Å². The molecule has 0 saturated carbocycles. The summed E-state index contributed by atoms with van der Waals surface area (Å²) in [6.45, 7) is 9.03. The first kappa shape index (κ1) is 9.70. The molecule has 0 aromatic carbocycles. The molecule has 0 aliphatic heterocycles. The van der Waals surface area contributed by atoms with Crippen LogP contribution in [-0.4, -0.2) is 11.0 Å². The summed E-state index contributed by atoms with van der Waals surface area (Å²) in [5.41, 5.74) is 0. The Labute approximate surface area is 66.6 Å². The Bertz CT molecular complexity index is 61.9. The predicted molar refractivity (Wildman–Crippen MR) is 50.0 cm³/mol. The van der Waals surface area contributed by atoms with Crippen LogP contribution in [0.15, 0.2) is 0 Å². The minimum atomic E-state index is 0.801. The quantitative estimate of drug-likeness (QED) is 0.584. The molecule has 1 unspecified atom stereocenters. The zero-order chi connectivity index (χ0) is 7.28. The van der Waals surface area contributed by atoms with Gasteiger partial charge in [-0.2, -0.15) is 0 Å². The van der Waals surface area contributed by atoms with Crippen LogP contribution in [0.3, 0.4) is 0 Å². The van der Waals surface area contributed by atoms with Crippen LogP contribution in [0, 0.1) is 5.92 Å². The maximum Gasteiger partial charge on any atom is 0.0146 e. The molecule has 1 atom stereocenters. The summed E-state index contributed by atoms with van der Waals surface area (Å²) in [4.78, 5) is 0. The van der Waals surface area contributed by atoms with E-state index in [9.17, 15) is 0 Å². The third kappa shape index (κ3) is 5.16. The minimum Gasteiger partial charge on any atom is -0.0942 e. The lowest BCUT2D eigenvalue weighted by molar-refractivity contribution is 0.645. The highest BCUT2D eigenvalue weighted by atomic mass is 33.1. The highest BCUT2D eigenvalue weighted by Gasteiger charge is 2.05. The first-order valence-electron chi connectivity index (χ1n) is 3.46. The van der Waals surface area contributed by atoms with Gasteiger partial charge in [0.2, 0.25) is 0 Å². The number of rotatable bonds is 4. The van der Waals surface area contributed by atoms with Gasteiger partial charge in [-0.3, -0.25) is 0 Å². The number of hydrogen-bond acceptors (Lipinski definition) is 2. The molecule has 0 spiro atoms. The van der Waals surface area contributed by atoms with Crippen molar-refractivity contribution in [3.8, 4) is 0 Å². The lowest BCUT2D eigenvalue weighted by Gasteiger charge is -2.12. The van der Waals surface area contributed by atoms with Crippen molar-refractivity contribution in [3.05, 3.63) is 0 Å². The van der Waals surface area contributed by atoms with Crippen molar-refractivity contribution in [2.24, 2.45) is 5.92 Å². The Morgan fingerprint density at radius 3 is 2.11 bits per heavy atom. The molecule has 56 valence electrons. The van der Waals surface area contributed by atoms with Crippen LogP contribution < -0.4 is 0 Å². The molecule has 0 aliphatic carbocycles.